The standard InChI is InChI=1S/C9H15F3N2O/c1-8(7-13,14-5-6-15)3-2-4-9(10,11)12/h14-15H,2-6H2,1H3. The first kappa shape index (κ1) is 14.2. The van der Waals surface area contributed by atoms with Crippen LogP contribution in [0, 0.1) is 11.3 Å². The normalized spacial score (nSPS) is 15.7. The first-order valence-electron chi connectivity index (χ1n) is 4.67. The van der Waals surface area contributed by atoms with E-state index in [1.54, 1.807) is 0 Å². The fourth-order valence-electron chi connectivity index (χ4n) is 1.16. The molecule has 0 aromatic carbocycles. The zero-order valence-corrected chi connectivity index (χ0v) is 8.56. The van der Waals surface area contributed by atoms with Crippen molar-refractivity contribution >= 4 is 0 Å². The summed E-state index contributed by atoms with van der Waals surface area (Å²) in [6.07, 6.45) is -5.03. The molecular formula is C9H15F3N2O. The van der Waals surface area contributed by atoms with Gasteiger partial charge >= 0.3 is 6.18 Å². The van der Waals surface area contributed by atoms with Gasteiger partial charge in [-0.1, -0.05) is 0 Å². The molecule has 0 rings (SSSR count). The summed E-state index contributed by atoms with van der Waals surface area (Å²) in [4.78, 5) is 0. The van der Waals surface area contributed by atoms with Gasteiger partial charge in [-0.2, -0.15) is 18.4 Å². The Morgan fingerprint density at radius 1 is 1.33 bits per heavy atom. The van der Waals surface area contributed by atoms with Crippen LogP contribution in [0.2, 0.25) is 0 Å². The van der Waals surface area contributed by atoms with Crippen LogP contribution in [0.25, 0.3) is 0 Å². The summed E-state index contributed by atoms with van der Waals surface area (Å²) < 4.78 is 35.5. The number of aliphatic hydroxyl groups is 1. The Labute approximate surface area is 86.9 Å². The van der Waals surface area contributed by atoms with Gasteiger partial charge in [0, 0.05) is 13.0 Å². The Hall–Kier alpha value is -0.800. The maximum atomic E-state index is 11.8. The van der Waals surface area contributed by atoms with Crippen LogP contribution < -0.4 is 5.32 Å². The lowest BCUT2D eigenvalue weighted by molar-refractivity contribution is -0.136. The predicted molar refractivity (Wildman–Crippen MR) is 49.0 cm³/mol. The number of alkyl halides is 3. The van der Waals surface area contributed by atoms with E-state index >= 15 is 0 Å². The number of nitrogens with one attached hydrogen (secondary N) is 1. The Morgan fingerprint density at radius 2 is 1.93 bits per heavy atom. The van der Waals surface area contributed by atoms with Crippen LogP contribution in [0.1, 0.15) is 26.2 Å². The molecule has 0 heterocycles. The lowest BCUT2D eigenvalue weighted by Gasteiger charge is -2.22. The van der Waals surface area contributed by atoms with Crippen molar-refractivity contribution in [3.05, 3.63) is 0 Å². The largest absolute Gasteiger partial charge is 0.395 e. The van der Waals surface area contributed by atoms with Crippen LogP contribution >= 0.6 is 0 Å². The zero-order chi connectivity index (χ0) is 11.9. The molecule has 0 aliphatic rings. The van der Waals surface area contributed by atoms with E-state index in [1.165, 1.54) is 6.92 Å². The van der Waals surface area contributed by atoms with Crippen LogP contribution in [0.4, 0.5) is 13.2 Å². The Morgan fingerprint density at radius 3 is 2.33 bits per heavy atom. The van der Waals surface area contributed by atoms with E-state index in [1.807, 2.05) is 6.07 Å². The number of aliphatic hydroxyl groups excluding tert-OH is 1. The molecule has 0 aromatic heterocycles. The topological polar surface area (TPSA) is 56.0 Å². The van der Waals surface area contributed by atoms with Gasteiger partial charge in [0.05, 0.1) is 12.7 Å². The number of nitrogens with zero attached hydrogens (tertiary/aromatic N) is 1. The third kappa shape index (κ3) is 7.17. The number of hydrogen-bond acceptors (Lipinski definition) is 3. The minimum absolute atomic E-state index is 0.0913. The van der Waals surface area contributed by atoms with Crippen molar-refractivity contribution in [3.8, 4) is 6.07 Å². The molecule has 0 spiro atoms. The van der Waals surface area contributed by atoms with Gasteiger partial charge in [0.2, 0.25) is 0 Å². The van der Waals surface area contributed by atoms with Gasteiger partial charge in [0.1, 0.15) is 5.54 Å². The molecule has 0 aliphatic carbocycles. The fraction of sp³-hybridized carbons (Fsp3) is 0.889. The van der Waals surface area contributed by atoms with Crippen LogP contribution in [0.15, 0.2) is 0 Å². The van der Waals surface area contributed by atoms with Crippen LogP contribution in [0.5, 0.6) is 0 Å². The maximum Gasteiger partial charge on any atom is 0.389 e. The van der Waals surface area contributed by atoms with Gasteiger partial charge in [-0.15, -0.1) is 0 Å². The van der Waals surface area contributed by atoms with E-state index in [0.29, 0.717) is 0 Å². The molecule has 3 nitrogen and oxygen atoms in total. The number of nitriles is 1. The summed E-state index contributed by atoms with van der Waals surface area (Å²) >= 11 is 0. The molecule has 6 heteroatoms. The van der Waals surface area contributed by atoms with Crippen molar-refractivity contribution in [3.63, 3.8) is 0 Å². The molecule has 1 atom stereocenters. The molecule has 88 valence electrons. The number of rotatable bonds is 6. The molecule has 0 aromatic rings. The molecule has 0 fully saturated rings. The van der Waals surface area contributed by atoms with Gasteiger partial charge in [0.15, 0.2) is 0 Å². The molecular weight excluding hydrogens is 209 g/mol. The second-order valence-electron chi connectivity index (χ2n) is 3.56. The number of β-amino-alcohol motifs (C(OH)–C–C–N with tert-alkyl or cyclic N) is 1. The highest BCUT2D eigenvalue weighted by atomic mass is 19.4. The second-order valence-corrected chi connectivity index (χ2v) is 3.56. The van der Waals surface area contributed by atoms with Crippen molar-refractivity contribution in [2.24, 2.45) is 0 Å². The van der Waals surface area contributed by atoms with E-state index in [0.717, 1.165) is 0 Å². The first-order valence-corrected chi connectivity index (χ1v) is 4.67. The summed E-state index contributed by atoms with van der Waals surface area (Å²) in [5, 5.41) is 20.0. The number of hydrogen-bond donors (Lipinski definition) is 2. The van der Waals surface area contributed by atoms with Crippen molar-refractivity contribution in [1.82, 2.24) is 5.32 Å². The third-order valence-corrected chi connectivity index (χ3v) is 2.01. The average molecular weight is 224 g/mol. The Bertz CT molecular complexity index is 224. The summed E-state index contributed by atoms with van der Waals surface area (Å²) in [5.74, 6) is 0. The molecule has 0 aliphatic heterocycles. The minimum atomic E-state index is -4.17. The van der Waals surface area contributed by atoms with Gasteiger partial charge in [-0.05, 0) is 19.8 Å². The summed E-state index contributed by atoms with van der Waals surface area (Å²) in [6, 6.07) is 1.91. The monoisotopic (exact) mass is 224 g/mol. The molecule has 0 bridgehead atoms. The Balaban J connectivity index is 3.95. The summed E-state index contributed by atoms with van der Waals surface area (Å²) in [5.41, 5.74) is -0.992. The Kier molecular flexibility index (Phi) is 5.61. The van der Waals surface area contributed by atoms with Gasteiger partial charge < -0.3 is 5.11 Å². The van der Waals surface area contributed by atoms with E-state index < -0.39 is 18.1 Å². The van der Waals surface area contributed by atoms with E-state index in [2.05, 4.69) is 5.32 Å². The average Bonchev–Trinajstić information content (AvgIpc) is 2.13. The second kappa shape index (κ2) is 5.93. The summed E-state index contributed by atoms with van der Waals surface area (Å²) in [6.45, 7) is 1.59. The predicted octanol–water partition coefficient (Wildman–Crippen LogP) is 1.58. The van der Waals surface area contributed by atoms with Crippen molar-refractivity contribution in [2.75, 3.05) is 13.2 Å². The maximum absolute atomic E-state index is 11.8. The SMILES string of the molecule is CC(C#N)(CCCC(F)(F)F)NCCO. The van der Waals surface area contributed by atoms with E-state index in [9.17, 15) is 13.2 Å². The zero-order valence-electron chi connectivity index (χ0n) is 8.56. The quantitative estimate of drug-likeness (QED) is 0.720. The summed E-state index contributed by atoms with van der Waals surface area (Å²) in [7, 11) is 0. The van der Waals surface area contributed by atoms with E-state index in [-0.39, 0.29) is 26.0 Å². The third-order valence-electron chi connectivity index (χ3n) is 2.01. The smallest absolute Gasteiger partial charge is 0.389 e. The lowest BCUT2D eigenvalue weighted by Crippen LogP contribution is -2.42. The van der Waals surface area contributed by atoms with Gasteiger partial charge in [-0.25, -0.2) is 0 Å². The molecule has 1 unspecified atom stereocenters. The van der Waals surface area contributed by atoms with Crippen molar-refractivity contribution in [2.45, 2.75) is 37.9 Å². The molecule has 0 amide bonds. The van der Waals surface area contributed by atoms with Crippen LogP contribution in [0.3, 0.4) is 0 Å². The highest BCUT2D eigenvalue weighted by Gasteiger charge is 2.29. The van der Waals surface area contributed by atoms with Crippen molar-refractivity contribution < 1.29 is 18.3 Å². The molecule has 0 radical (unpaired) electrons. The highest BCUT2D eigenvalue weighted by molar-refractivity contribution is 5.03. The molecule has 2 N–H and O–H groups in total. The minimum Gasteiger partial charge on any atom is -0.395 e. The van der Waals surface area contributed by atoms with E-state index in [4.69, 9.17) is 10.4 Å². The number of halogens is 3. The van der Waals surface area contributed by atoms with Crippen molar-refractivity contribution in [1.29, 1.82) is 5.26 Å². The van der Waals surface area contributed by atoms with Gasteiger partial charge in [-0.3, -0.25) is 5.32 Å². The molecule has 0 saturated heterocycles. The van der Waals surface area contributed by atoms with Crippen LogP contribution in [-0.2, 0) is 0 Å². The van der Waals surface area contributed by atoms with Crippen LogP contribution in [-0.4, -0.2) is 30.0 Å². The molecule has 15 heavy (non-hydrogen) atoms. The lowest BCUT2D eigenvalue weighted by atomic mass is 9.96. The first-order chi connectivity index (χ1) is 6.83. The highest BCUT2D eigenvalue weighted by Crippen LogP contribution is 2.24. The molecule has 0 saturated carbocycles. The fourth-order valence-corrected chi connectivity index (χ4v) is 1.16. The van der Waals surface area contributed by atoms with Gasteiger partial charge in [0.25, 0.3) is 0 Å².